The lowest BCUT2D eigenvalue weighted by atomic mass is 10.00. The second kappa shape index (κ2) is 8.15. The Balaban J connectivity index is 1.25. The van der Waals surface area contributed by atoms with Crippen molar-refractivity contribution in [1.29, 1.82) is 0 Å². The Kier molecular flexibility index (Phi) is 4.49. The Hall–Kier alpha value is -5.22. The molecular formula is C34H21N3O. The Morgan fingerprint density at radius 2 is 1.18 bits per heavy atom. The molecule has 8 rings (SSSR count). The predicted molar refractivity (Wildman–Crippen MR) is 154 cm³/mol. The van der Waals surface area contributed by atoms with Crippen LogP contribution < -0.4 is 0 Å². The summed E-state index contributed by atoms with van der Waals surface area (Å²) >= 11 is 0. The highest BCUT2D eigenvalue weighted by molar-refractivity contribution is 5.98. The standard InChI is InChI=1S/C34H21N3O/c1-4-13-29-25(8-1)21-31-33(35-27-11-2-5-14-30(27)37(29)31)26-10-7-9-24(20-26)22-16-18-23(19-17-22)34-36-28-12-3-6-15-32(28)38-34/h1-21H. The van der Waals surface area contributed by atoms with Crippen molar-refractivity contribution in [3.63, 3.8) is 0 Å². The van der Waals surface area contributed by atoms with E-state index in [1.165, 1.54) is 10.9 Å². The molecule has 0 bridgehead atoms. The van der Waals surface area contributed by atoms with Gasteiger partial charge in [-0.05, 0) is 65.7 Å². The van der Waals surface area contributed by atoms with Crippen LogP contribution in [0.5, 0.6) is 0 Å². The molecule has 4 nitrogen and oxygen atoms in total. The summed E-state index contributed by atoms with van der Waals surface area (Å²) in [6.45, 7) is 0. The van der Waals surface area contributed by atoms with E-state index in [1.807, 2.05) is 30.3 Å². The second-order valence-corrected chi connectivity index (χ2v) is 9.52. The molecule has 5 aromatic carbocycles. The van der Waals surface area contributed by atoms with Crippen LogP contribution in [-0.4, -0.2) is 14.4 Å². The van der Waals surface area contributed by atoms with Gasteiger partial charge >= 0.3 is 0 Å². The minimum absolute atomic E-state index is 0.634. The van der Waals surface area contributed by atoms with Gasteiger partial charge < -0.3 is 8.82 Å². The zero-order valence-electron chi connectivity index (χ0n) is 20.4. The van der Waals surface area contributed by atoms with Gasteiger partial charge in [-0.3, -0.25) is 0 Å². The predicted octanol–water partition coefficient (Wildman–Crippen LogP) is 8.78. The summed E-state index contributed by atoms with van der Waals surface area (Å²) in [4.78, 5) is 9.77. The van der Waals surface area contributed by atoms with Crippen LogP contribution in [0.25, 0.3) is 72.4 Å². The summed E-state index contributed by atoms with van der Waals surface area (Å²) in [5, 5.41) is 1.21. The molecule has 0 amide bonds. The van der Waals surface area contributed by atoms with Crippen LogP contribution in [0.2, 0.25) is 0 Å². The topological polar surface area (TPSA) is 43.3 Å². The highest BCUT2D eigenvalue weighted by Gasteiger charge is 2.15. The van der Waals surface area contributed by atoms with Crippen LogP contribution in [0, 0.1) is 0 Å². The summed E-state index contributed by atoms with van der Waals surface area (Å²) in [5.74, 6) is 0.634. The van der Waals surface area contributed by atoms with E-state index in [9.17, 15) is 0 Å². The van der Waals surface area contributed by atoms with Gasteiger partial charge in [0.1, 0.15) is 5.52 Å². The number of para-hydroxylation sites is 5. The van der Waals surface area contributed by atoms with Crippen molar-refractivity contribution in [3.05, 3.63) is 127 Å². The van der Waals surface area contributed by atoms with Crippen molar-refractivity contribution in [1.82, 2.24) is 14.4 Å². The molecule has 0 aliphatic rings. The fraction of sp³-hybridized carbons (Fsp3) is 0. The Morgan fingerprint density at radius 3 is 2.05 bits per heavy atom. The SMILES string of the molecule is c1cc(-c2ccc(-c3nc4ccccc4o3)cc2)cc(-c2nc3ccccc3n3c2cc2ccccc23)c1. The van der Waals surface area contributed by atoms with Crippen LogP contribution in [0.1, 0.15) is 0 Å². The molecule has 0 saturated heterocycles. The molecule has 0 saturated carbocycles. The van der Waals surface area contributed by atoms with E-state index in [2.05, 4.69) is 106 Å². The third-order valence-electron chi connectivity index (χ3n) is 7.20. The van der Waals surface area contributed by atoms with Crippen LogP contribution >= 0.6 is 0 Å². The molecule has 0 spiro atoms. The third kappa shape index (κ3) is 3.24. The lowest BCUT2D eigenvalue weighted by Crippen LogP contribution is -1.95. The number of nitrogens with zero attached hydrogens (tertiary/aromatic N) is 3. The van der Waals surface area contributed by atoms with Crippen molar-refractivity contribution < 1.29 is 4.42 Å². The summed E-state index contributed by atoms with van der Waals surface area (Å²) in [7, 11) is 0. The van der Waals surface area contributed by atoms with Crippen molar-refractivity contribution in [2.45, 2.75) is 0 Å². The van der Waals surface area contributed by atoms with Crippen molar-refractivity contribution in [3.8, 4) is 33.8 Å². The summed E-state index contributed by atoms with van der Waals surface area (Å²) in [6.07, 6.45) is 0. The smallest absolute Gasteiger partial charge is 0.227 e. The lowest BCUT2D eigenvalue weighted by Gasteiger charge is -2.11. The van der Waals surface area contributed by atoms with E-state index in [0.29, 0.717) is 5.89 Å². The molecule has 0 radical (unpaired) electrons. The Morgan fingerprint density at radius 1 is 0.474 bits per heavy atom. The molecule has 0 N–H and O–H groups in total. The highest BCUT2D eigenvalue weighted by Crippen LogP contribution is 2.34. The largest absolute Gasteiger partial charge is 0.436 e. The van der Waals surface area contributed by atoms with Gasteiger partial charge in [-0.1, -0.05) is 72.8 Å². The molecule has 0 unspecified atom stereocenters. The first-order chi connectivity index (χ1) is 18.8. The normalized spacial score (nSPS) is 11.7. The number of benzene rings is 5. The zero-order valence-corrected chi connectivity index (χ0v) is 20.4. The van der Waals surface area contributed by atoms with Gasteiger partial charge in [0.15, 0.2) is 5.58 Å². The summed E-state index contributed by atoms with van der Waals surface area (Å²) in [5.41, 5.74) is 11.3. The Bertz CT molecular complexity index is 2100. The van der Waals surface area contributed by atoms with Crippen molar-refractivity contribution in [2.75, 3.05) is 0 Å². The minimum atomic E-state index is 0.634. The van der Waals surface area contributed by atoms with E-state index in [-0.39, 0.29) is 0 Å². The van der Waals surface area contributed by atoms with E-state index >= 15 is 0 Å². The average Bonchev–Trinajstić information content (AvgIpc) is 3.59. The molecule has 8 aromatic rings. The maximum atomic E-state index is 5.96. The summed E-state index contributed by atoms with van der Waals surface area (Å²) < 4.78 is 8.28. The van der Waals surface area contributed by atoms with Gasteiger partial charge in [-0.25, -0.2) is 9.97 Å². The fourth-order valence-corrected chi connectivity index (χ4v) is 5.37. The quantitative estimate of drug-likeness (QED) is 0.250. The van der Waals surface area contributed by atoms with Crippen LogP contribution in [0.3, 0.4) is 0 Å². The monoisotopic (exact) mass is 487 g/mol. The van der Waals surface area contributed by atoms with Crippen molar-refractivity contribution in [2.24, 2.45) is 0 Å². The number of oxazole rings is 1. The molecule has 0 aliphatic carbocycles. The van der Waals surface area contributed by atoms with Gasteiger partial charge in [0.2, 0.25) is 5.89 Å². The van der Waals surface area contributed by atoms with Gasteiger partial charge in [-0.15, -0.1) is 0 Å². The molecule has 4 heteroatoms. The second-order valence-electron chi connectivity index (χ2n) is 9.52. The molecule has 0 fully saturated rings. The molecule has 0 atom stereocenters. The van der Waals surface area contributed by atoms with E-state index in [1.54, 1.807) is 0 Å². The van der Waals surface area contributed by atoms with Crippen molar-refractivity contribution >= 4 is 38.6 Å². The van der Waals surface area contributed by atoms with Gasteiger partial charge in [-0.2, -0.15) is 0 Å². The number of hydrogen-bond acceptors (Lipinski definition) is 3. The fourth-order valence-electron chi connectivity index (χ4n) is 5.37. The first kappa shape index (κ1) is 20.9. The average molecular weight is 488 g/mol. The number of fused-ring (bicyclic) bond motifs is 6. The number of hydrogen-bond donors (Lipinski definition) is 0. The molecule has 3 heterocycles. The van der Waals surface area contributed by atoms with Gasteiger partial charge in [0.05, 0.1) is 27.8 Å². The first-order valence-electron chi connectivity index (χ1n) is 12.7. The minimum Gasteiger partial charge on any atom is -0.436 e. The maximum Gasteiger partial charge on any atom is 0.227 e. The van der Waals surface area contributed by atoms with E-state index in [0.717, 1.165) is 55.6 Å². The number of rotatable bonds is 3. The zero-order chi connectivity index (χ0) is 25.1. The molecule has 0 aliphatic heterocycles. The summed E-state index contributed by atoms with van der Waals surface area (Å²) in [6, 6.07) is 43.9. The van der Waals surface area contributed by atoms with Gasteiger partial charge in [0.25, 0.3) is 0 Å². The maximum absolute atomic E-state index is 5.96. The van der Waals surface area contributed by atoms with E-state index < -0.39 is 0 Å². The molecule has 178 valence electrons. The van der Waals surface area contributed by atoms with Crippen LogP contribution in [0.15, 0.2) is 132 Å². The van der Waals surface area contributed by atoms with Gasteiger partial charge in [0, 0.05) is 16.5 Å². The number of aromatic nitrogens is 3. The lowest BCUT2D eigenvalue weighted by molar-refractivity contribution is 0.620. The Labute approximate surface area is 218 Å². The van der Waals surface area contributed by atoms with Crippen LogP contribution in [-0.2, 0) is 0 Å². The molecule has 3 aromatic heterocycles. The third-order valence-corrected chi connectivity index (χ3v) is 7.20. The first-order valence-corrected chi connectivity index (χ1v) is 12.7. The molecular weight excluding hydrogens is 466 g/mol. The van der Waals surface area contributed by atoms with E-state index in [4.69, 9.17) is 9.40 Å². The molecule has 38 heavy (non-hydrogen) atoms. The highest BCUT2D eigenvalue weighted by atomic mass is 16.3. The van der Waals surface area contributed by atoms with Crippen LogP contribution in [0.4, 0.5) is 0 Å².